The van der Waals surface area contributed by atoms with Gasteiger partial charge in [-0.1, -0.05) is 23.7 Å². The van der Waals surface area contributed by atoms with Gasteiger partial charge in [-0.2, -0.15) is 0 Å². The van der Waals surface area contributed by atoms with E-state index in [1.807, 2.05) is 0 Å². The van der Waals surface area contributed by atoms with Gasteiger partial charge in [0, 0.05) is 6.07 Å². The van der Waals surface area contributed by atoms with E-state index in [4.69, 9.17) is 16.3 Å². The topological polar surface area (TPSA) is 99.2 Å². The van der Waals surface area contributed by atoms with E-state index < -0.39 is 28.5 Å². The summed E-state index contributed by atoms with van der Waals surface area (Å²) in [6.07, 6.45) is 0. The lowest BCUT2D eigenvalue weighted by Crippen LogP contribution is -2.37. The lowest BCUT2D eigenvalue weighted by atomic mass is 10.2. The van der Waals surface area contributed by atoms with Crippen LogP contribution in [-0.4, -0.2) is 48.2 Å². The Morgan fingerprint density at radius 3 is 2.29 bits per heavy atom. The van der Waals surface area contributed by atoms with Gasteiger partial charge >= 0.3 is 11.9 Å². The molecule has 0 amide bonds. The maximum Gasteiger partial charge on any atom is 0.339 e. The van der Waals surface area contributed by atoms with Crippen LogP contribution in [-0.2, 0) is 24.3 Å². The van der Waals surface area contributed by atoms with Crippen LogP contribution in [0.1, 0.15) is 10.4 Å². The van der Waals surface area contributed by atoms with Crippen molar-refractivity contribution in [2.45, 2.75) is 4.90 Å². The van der Waals surface area contributed by atoms with E-state index in [1.54, 1.807) is 0 Å². The molecule has 10 heteroatoms. The van der Waals surface area contributed by atoms with Crippen LogP contribution in [0.3, 0.4) is 0 Å². The first-order valence-electron chi connectivity index (χ1n) is 7.86. The highest BCUT2D eigenvalue weighted by Gasteiger charge is 2.32. The molecule has 0 bridgehead atoms. The van der Waals surface area contributed by atoms with Crippen LogP contribution in [0.2, 0.25) is 5.02 Å². The standard InChI is InChI=1S/C18H18ClNO7S/c1-25-12-8-9-15(14(19)10-12)20(11-17(21)26-2)28(23,24)16-7-5-4-6-13(16)18(22)27-3/h4-10H,11H2,1-3H3. The number of nitrogens with zero attached hydrogens (tertiary/aromatic N) is 1. The zero-order valence-electron chi connectivity index (χ0n) is 15.3. The van der Waals surface area contributed by atoms with Crippen molar-refractivity contribution in [3.63, 3.8) is 0 Å². The number of hydrogen-bond acceptors (Lipinski definition) is 7. The molecule has 0 atom stereocenters. The molecule has 0 heterocycles. The van der Waals surface area contributed by atoms with Crippen molar-refractivity contribution in [3.05, 3.63) is 53.1 Å². The third-order valence-corrected chi connectivity index (χ3v) is 5.90. The number of carbonyl (C=O) groups is 2. The number of benzene rings is 2. The van der Waals surface area contributed by atoms with Crippen LogP contribution in [0.5, 0.6) is 5.75 Å². The Morgan fingerprint density at radius 1 is 1.04 bits per heavy atom. The van der Waals surface area contributed by atoms with Crippen molar-refractivity contribution in [3.8, 4) is 5.75 Å². The average molecular weight is 428 g/mol. The van der Waals surface area contributed by atoms with Crippen molar-refractivity contribution in [2.24, 2.45) is 0 Å². The summed E-state index contributed by atoms with van der Waals surface area (Å²) in [6.45, 7) is -0.652. The number of sulfonamides is 1. The first-order valence-corrected chi connectivity index (χ1v) is 9.68. The highest BCUT2D eigenvalue weighted by molar-refractivity contribution is 7.93. The summed E-state index contributed by atoms with van der Waals surface area (Å²) >= 11 is 6.22. The Hall–Kier alpha value is -2.78. The van der Waals surface area contributed by atoms with Gasteiger partial charge in [-0.3, -0.25) is 9.10 Å². The van der Waals surface area contributed by atoms with Gasteiger partial charge in [0.25, 0.3) is 10.0 Å². The number of hydrogen-bond donors (Lipinski definition) is 0. The van der Waals surface area contributed by atoms with Crippen molar-refractivity contribution >= 4 is 39.3 Å². The summed E-state index contributed by atoms with van der Waals surface area (Å²) in [4.78, 5) is 23.6. The first kappa shape index (κ1) is 21.5. The second kappa shape index (κ2) is 8.94. The van der Waals surface area contributed by atoms with Crippen LogP contribution in [0.15, 0.2) is 47.4 Å². The van der Waals surface area contributed by atoms with Gasteiger partial charge < -0.3 is 14.2 Å². The second-order valence-electron chi connectivity index (χ2n) is 5.39. The van der Waals surface area contributed by atoms with Crippen molar-refractivity contribution in [2.75, 3.05) is 32.2 Å². The van der Waals surface area contributed by atoms with E-state index in [0.29, 0.717) is 5.75 Å². The summed E-state index contributed by atoms with van der Waals surface area (Å²) in [6, 6.07) is 9.79. The number of carbonyl (C=O) groups excluding carboxylic acids is 2. The summed E-state index contributed by atoms with van der Waals surface area (Å²) in [5, 5.41) is 0.0300. The Labute approximate surface area is 167 Å². The van der Waals surface area contributed by atoms with Gasteiger partial charge in [-0.05, 0) is 24.3 Å². The Balaban J connectivity index is 2.67. The maximum absolute atomic E-state index is 13.4. The largest absolute Gasteiger partial charge is 0.497 e. The maximum atomic E-state index is 13.4. The quantitative estimate of drug-likeness (QED) is 0.626. The zero-order chi connectivity index (χ0) is 20.9. The SMILES string of the molecule is COC(=O)CN(c1ccc(OC)cc1Cl)S(=O)(=O)c1ccccc1C(=O)OC. The normalized spacial score (nSPS) is 10.9. The predicted octanol–water partition coefficient (Wildman–Crippen LogP) is 2.50. The Bertz CT molecular complexity index is 991. The van der Waals surface area contributed by atoms with Crippen molar-refractivity contribution in [1.82, 2.24) is 0 Å². The number of halogens is 1. The summed E-state index contributed by atoms with van der Waals surface area (Å²) in [5.41, 5.74) is -0.156. The number of ether oxygens (including phenoxy) is 3. The van der Waals surface area contributed by atoms with E-state index in [1.165, 1.54) is 49.6 Å². The van der Waals surface area contributed by atoms with E-state index in [-0.39, 0.29) is 21.2 Å². The van der Waals surface area contributed by atoms with Gasteiger partial charge in [0.05, 0.1) is 37.6 Å². The molecule has 0 fully saturated rings. The lowest BCUT2D eigenvalue weighted by molar-refractivity contribution is -0.138. The smallest absolute Gasteiger partial charge is 0.339 e. The van der Waals surface area contributed by atoms with Crippen LogP contribution in [0, 0.1) is 0 Å². The third-order valence-electron chi connectivity index (χ3n) is 3.78. The van der Waals surface area contributed by atoms with Gasteiger partial charge in [-0.15, -0.1) is 0 Å². The number of anilines is 1. The van der Waals surface area contributed by atoms with E-state index in [2.05, 4.69) is 9.47 Å². The highest BCUT2D eigenvalue weighted by Crippen LogP contribution is 2.34. The van der Waals surface area contributed by atoms with Crippen LogP contribution >= 0.6 is 11.6 Å². The molecule has 0 aliphatic heterocycles. The summed E-state index contributed by atoms with van der Waals surface area (Å²) < 4.78 is 41.8. The molecule has 0 aromatic heterocycles. The van der Waals surface area contributed by atoms with E-state index in [9.17, 15) is 18.0 Å². The second-order valence-corrected chi connectivity index (χ2v) is 7.63. The molecule has 2 rings (SSSR count). The van der Waals surface area contributed by atoms with Gasteiger partial charge in [0.15, 0.2) is 0 Å². The molecule has 0 spiro atoms. The number of rotatable bonds is 7. The minimum Gasteiger partial charge on any atom is -0.497 e. The fourth-order valence-corrected chi connectivity index (χ4v) is 4.32. The summed E-state index contributed by atoms with van der Waals surface area (Å²) in [5.74, 6) is -1.25. The molecule has 0 aliphatic carbocycles. The van der Waals surface area contributed by atoms with Gasteiger partial charge in [-0.25, -0.2) is 13.2 Å². The van der Waals surface area contributed by atoms with Gasteiger partial charge in [0.2, 0.25) is 0 Å². The van der Waals surface area contributed by atoms with E-state index in [0.717, 1.165) is 18.5 Å². The first-order chi connectivity index (χ1) is 13.3. The minimum absolute atomic E-state index is 0.0209. The minimum atomic E-state index is -4.38. The zero-order valence-corrected chi connectivity index (χ0v) is 16.9. The fourth-order valence-electron chi connectivity index (χ4n) is 2.39. The Kier molecular flexibility index (Phi) is 6.87. The van der Waals surface area contributed by atoms with Crippen LogP contribution < -0.4 is 9.04 Å². The van der Waals surface area contributed by atoms with Crippen molar-refractivity contribution < 1.29 is 32.2 Å². The van der Waals surface area contributed by atoms with Crippen LogP contribution in [0.25, 0.3) is 0 Å². The monoisotopic (exact) mass is 427 g/mol. The molecule has 0 N–H and O–H groups in total. The molecule has 28 heavy (non-hydrogen) atoms. The van der Waals surface area contributed by atoms with Crippen LogP contribution in [0.4, 0.5) is 5.69 Å². The molecule has 0 aliphatic rings. The highest BCUT2D eigenvalue weighted by atomic mass is 35.5. The van der Waals surface area contributed by atoms with Crippen molar-refractivity contribution in [1.29, 1.82) is 0 Å². The number of esters is 2. The molecule has 0 unspecified atom stereocenters. The van der Waals surface area contributed by atoms with E-state index >= 15 is 0 Å². The number of methoxy groups -OCH3 is 3. The molecular formula is C18H18ClNO7S. The molecule has 8 nitrogen and oxygen atoms in total. The molecule has 0 saturated carbocycles. The molecular weight excluding hydrogens is 410 g/mol. The molecule has 0 radical (unpaired) electrons. The average Bonchev–Trinajstić information content (AvgIpc) is 2.71. The molecule has 2 aromatic rings. The molecule has 2 aromatic carbocycles. The fraction of sp³-hybridized carbons (Fsp3) is 0.222. The summed E-state index contributed by atoms with van der Waals surface area (Å²) in [7, 11) is -0.682. The Morgan fingerprint density at radius 2 is 1.71 bits per heavy atom. The third kappa shape index (κ3) is 4.37. The van der Waals surface area contributed by atoms with Gasteiger partial charge in [0.1, 0.15) is 17.2 Å². The predicted molar refractivity (Wildman–Crippen MR) is 102 cm³/mol. The molecule has 0 saturated heterocycles. The molecule has 150 valence electrons. The lowest BCUT2D eigenvalue weighted by Gasteiger charge is -2.25.